The summed E-state index contributed by atoms with van der Waals surface area (Å²) in [5.41, 5.74) is 11.6. The lowest BCUT2D eigenvalue weighted by molar-refractivity contribution is -0.309. The number of hydrogen-bond donors (Lipinski definition) is 13. The maximum Gasteiger partial charge on any atom is 0.313 e. The van der Waals surface area contributed by atoms with Gasteiger partial charge in [-0.1, -0.05) is 98.9 Å². The molecule has 0 aliphatic carbocycles. The zero-order valence-electron chi connectivity index (χ0n) is 43.2. The predicted octanol–water partition coefficient (Wildman–Crippen LogP) is 0.0238. The number of methoxy groups -OCH3 is 1. The Morgan fingerprint density at radius 1 is 0.730 bits per heavy atom. The number of fused-ring (bicyclic) bond motifs is 2. The first-order valence-corrected chi connectivity index (χ1v) is 25.6. The molecule has 3 aliphatic heterocycles. The number of carbonyl (C=O) groups excluding carboxylic acids is 3. The molecule has 0 spiro atoms. The van der Waals surface area contributed by atoms with Crippen LogP contribution in [-0.4, -0.2) is 186 Å². The molecule has 21 nitrogen and oxygen atoms in total. The second kappa shape index (κ2) is 32.5. The van der Waals surface area contributed by atoms with Crippen molar-refractivity contribution in [1.29, 1.82) is 0 Å². The van der Waals surface area contributed by atoms with E-state index in [1.807, 2.05) is 13.0 Å². The van der Waals surface area contributed by atoms with Crippen LogP contribution in [0.4, 0.5) is 0 Å². The molecule has 0 saturated carbocycles. The zero-order valence-corrected chi connectivity index (χ0v) is 43.2. The van der Waals surface area contributed by atoms with E-state index in [1.54, 1.807) is 86.8 Å². The van der Waals surface area contributed by atoms with E-state index in [4.69, 9.17) is 35.2 Å². The van der Waals surface area contributed by atoms with Gasteiger partial charge >= 0.3 is 11.9 Å². The Morgan fingerprint density at radius 3 is 1.92 bits per heavy atom. The number of amides is 1. The average Bonchev–Trinajstić information content (AvgIpc) is 3.33. The number of ether oxygens (including phenoxy) is 5. The van der Waals surface area contributed by atoms with Gasteiger partial charge in [0.15, 0.2) is 12.1 Å². The molecule has 0 unspecified atom stereocenters. The summed E-state index contributed by atoms with van der Waals surface area (Å²) >= 11 is 0. The molecule has 0 radical (unpaired) electrons. The van der Waals surface area contributed by atoms with Crippen molar-refractivity contribution in [3.8, 4) is 0 Å². The van der Waals surface area contributed by atoms with Crippen LogP contribution in [0.1, 0.15) is 91.9 Å². The zero-order chi connectivity index (χ0) is 55.1. The second-order valence-electron chi connectivity index (χ2n) is 19.7. The molecule has 1 amide bonds. The van der Waals surface area contributed by atoms with Crippen molar-refractivity contribution in [2.45, 2.75) is 195 Å². The van der Waals surface area contributed by atoms with Crippen LogP contribution in [0.2, 0.25) is 0 Å². The van der Waals surface area contributed by atoms with Gasteiger partial charge in [-0.2, -0.15) is 0 Å². The Bertz CT molecular complexity index is 1910. The van der Waals surface area contributed by atoms with Crippen molar-refractivity contribution in [2.24, 2.45) is 29.2 Å². The molecule has 2 fully saturated rings. The molecule has 3 rings (SSSR count). The topological polar surface area (TPSA) is 364 Å². The van der Waals surface area contributed by atoms with Crippen molar-refractivity contribution < 1.29 is 89.1 Å². The molecule has 74 heavy (non-hydrogen) atoms. The lowest BCUT2D eigenvalue weighted by Crippen LogP contribution is -2.65. The van der Waals surface area contributed by atoms with E-state index in [-0.39, 0.29) is 38.0 Å². The maximum absolute atomic E-state index is 13.2. The minimum atomic E-state index is -2.33. The molecule has 2 bridgehead atoms. The van der Waals surface area contributed by atoms with Crippen LogP contribution in [0.3, 0.4) is 0 Å². The third kappa shape index (κ3) is 21.5. The number of esters is 2. The van der Waals surface area contributed by atoms with Crippen molar-refractivity contribution in [1.82, 2.24) is 5.32 Å². The monoisotopic (exact) mass is 1050 g/mol. The van der Waals surface area contributed by atoms with Crippen LogP contribution >= 0.6 is 0 Å². The smallest absolute Gasteiger partial charge is 0.313 e. The number of aliphatic hydroxyl groups excluding tert-OH is 9. The van der Waals surface area contributed by atoms with Crippen LogP contribution in [0.25, 0.3) is 0 Å². The highest BCUT2D eigenvalue weighted by Crippen LogP contribution is 2.38. The normalized spacial score (nSPS) is 38.7. The number of nitrogens with two attached hydrogens (primary N) is 2. The van der Waals surface area contributed by atoms with Crippen molar-refractivity contribution in [3.63, 3.8) is 0 Å². The molecule has 2 saturated heterocycles. The molecule has 0 aromatic carbocycles. The SMILES string of the molecule is COC(=O)[C@H]1[C@@H]2C[C@@H](O[C@@H]3O[C@H](C)[C@@H](O)[C@H](NC(=O)[C@@H](N)CCCN)[C@@H]3O)C=CC=CC=CC=CC=CC=CC=C[C@H](C)[C@@H](O)[C@@H](C)[C@H](C)OC(=O)C[C@H](O)C[C@H](O)CC[C@@H](O)[C@H](O)C[C@H](O)C[C@](O)(C[C@@H]1O)O2. The van der Waals surface area contributed by atoms with Crippen molar-refractivity contribution in [2.75, 3.05) is 13.7 Å². The third-order valence-corrected chi connectivity index (χ3v) is 13.5. The summed E-state index contributed by atoms with van der Waals surface area (Å²) in [6.45, 7) is 7.01. The van der Waals surface area contributed by atoms with E-state index in [1.165, 1.54) is 13.0 Å². The quantitative estimate of drug-likeness (QED) is 0.143. The minimum Gasteiger partial charge on any atom is -0.469 e. The Morgan fingerprint density at radius 2 is 1.32 bits per heavy atom. The van der Waals surface area contributed by atoms with E-state index in [0.717, 1.165) is 7.11 Å². The van der Waals surface area contributed by atoms with E-state index in [9.17, 15) is 65.4 Å². The largest absolute Gasteiger partial charge is 0.469 e. The first-order chi connectivity index (χ1) is 35.0. The molecule has 15 N–H and O–H groups in total. The van der Waals surface area contributed by atoms with E-state index in [0.29, 0.717) is 13.0 Å². The van der Waals surface area contributed by atoms with E-state index in [2.05, 4.69) is 5.32 Å². The first kappa shape index (κ1) is 64.3. The minimum absolute atomic E-state index is 0.116. The van der Waals surface area contributed by atoms with Gasteiger partial charge in [0, 0.05) is 37.5 Å². The van der Waals surface area contributed by atoms with Gasteiger partial charge in [0.25, 0.3) is 0 Å². The van der Waals surface area contributed by atoms with Crippen LogP contribution in [0, 0.1) is 17.8 Å². The number of aliphatic hydroxyl groups is 10. The predicted molar refractivity (Wildman–Crippen MR) is 272 cm³/mol. The Hall–Kier alpha value is -4.01. The third-order valence-electron chi connectivity index (χ3n) is 13.5. The maximum atomic E-state index is 13.2. The molecule has 420 valence electrons. The molecular formula is C53H85N3O18. The fourth-order valence-corrected chi connectivity index (χ4v) is 8.97. The Kier molecular flexibility index (Phi) is 28.3. The van der Waals surface area contributed by atoms with Gasteiger partial charge in [0.1, 0.15) is 24.2 Å². The molecule has 0 aromatic rings. The number of rotatable bonds is 8. The van der Waals surface area contributed by atoms with Gasteiger partial charge in [0.2, 0.25) is 5.91 Å². The highest BCUT2D eigenvalue weighted by atomic mass is 16.7. The van der Waals surface area contributed by atoms with Gasteiger partial charge in [-0.15, -0.1) is 0 Å². The molecule has 20 atom stereocenters. The van der Waals surface area contributed by atoms with Gasteiger partial charge in [-0.05, 0) is 52.5 Å². The van der Waals surface area contributed by atoms with Crippen molar-refractivity contribution >= 4 is 17.8 Å². The Balaban J connectivity index is 1.94. The summed E-state index contributed by atoms with van der Waals surface area (Å²) in [5.74, 6) is -6.79. The van der Waals surface area contributed by atoms with Gasteiger partial charge in [0.05, 0.1) is 86.7 Å². The van der Waals surface area contributed by atoms with Crippen LogP contribution in [0.5, 0.6) is 0 Å². The number of cyclic esters (lactones) is 1. The molecule has 3 heterocycles. The van der Waals surface area contributed by atoms with Crippen LogP contribution < -0.4 is 16.8 Å². The highest BCUT2D eigenvalue weighted by Gasteiger charge is 2.51. The van der Waals surface area contributed by atoms with E-state index < -0.39 is 159 Å². The average molecular weight is 1050 g/mol. The van der Waals surface area contributed by atoms with Crippen LogP contribution in [0.15, 0.2) is 85.1 Å². The lowest BCUT2D eigenvalue weighted by Gasteiger charge is -2.46. The van der Waals surface area contributed by atoms with Gasteiger partial charge < -0.3 is 91.5 Å². The number of nitrogens with one attached hydrogen (secondary N) is 1. The van der Waals surface area contributed by atoms with Gasteiger partial charge in [-0.3, -0.25) is 14.4 Å². The first-order valence-electron chi connectivity index (χ1n) is 25.6. The summed E-state index contributed by atoms with van der Waals surface area (Å²) in [4.78, 5) is 38.9. The molecular weight excluding hydrogens is 967 g/mol. The molecule has 3 aliphatic rings. The molecule has 0 aromatic heterocycles. The summed E-state index contributed by atoms with van der Waals surface area (Å²) in [6, 6.07) is -2.30. The summed E-state index contributed by atoms with van der Waals surface area (Å²) in [7, 11) is 1.10. The standard InChI is InChI=1S/C53H85N3O18/c1-31-19-16-14-12-10-8-6-7-9-11-13-15-17-20-38(73-52-49(66)46(48(65)34(4)72-52)56-50(67)39(55)21-18-24-54)28-43-45(51(68)70-5)42(62)30-53(69,74-43)29-37(59)26-41(61)40(60)23-22-35(57)25-36(58)27-44(63)71-33(3)32(2)47(31)64/h6-17,19-20,31-43,45-49,52,57-62,64-66,69H,18,21-30,54-55H2,1-5H3,(H,56,67)/t31-,32-,33-,34+,35+,36+,37-,38-,39-,40+,41+,42-,43-,45+,46-,47+,48+,49-,52-,53+/m0/s1. The number of hydrogen-bond acceptors (Lipinski definition) is 20. The Labute approximate surface area is 434 Å². The van der Waals surface area contributed by atoms with Crippen LogP contribution in [-0.2, 0) is 38.1 Å². The van der Waals surface area contributed by atoms with Gasteiger partial charge in [-0.25, -0.2) is 0 Å². The number of carbonyl (C=O) groups is 3. The highest BCUT2D eigenvalue weighted by molar-refractivity contribution is 5.81. The molecule has 21 heteroatoms. The van der Waals surface area contributed by atoms with E-state index >= 15 is 0 Å². The fraction of sp³-hybridized carbons (Fsp3) is 0.679. The fourth-order valence-electron chi connectivity index (χ4n) is 8.97. The lowest BCUT2D eigenvalue weighted by atomic mass is 9.82. The number of allylic oxidation sites excluding steroid dienone is 12. The summed E-state index contributed by atoms with van der Waals surface area (Å²) in [6.07, 6.45) is 3.53. The van der Waals surface area contributed by atoms with Crippen molar-refractivity contribution in [3.05, 3.63) is 85.1 Å². The summed E-state index contributed by atoms with van der Waals surface area (Å²) < 4.78 is 28.8. The summed E-state index contributed by atoms with van der Waals surface area (Å²) in [5, 5.41) is 113. The second-order valence-corrected chi connectivity index (χ2v) is 19.7.